The summed E-state index contributed by atoms with van der Waals surface area (Å²) in [5.41, 5.74) is 2.62. The molecule has 1 aromatic carbocycles. The van der Waals surface area contributed by atoms with Crippen molar-refractivity contribution in [2.45, 2.75) is 58.0 Å². The fraction of sp³-hybridized carbons (Fsp3) is 0.619. The van der Waals surface area contributed by atoms with Crippen LogP contribution in [0.1, 0.15) is 56.1 Å². The van der Waals surface area contributed by atoms with E-state index in [1.54, 1.807) is 0 Å². The molecule has 1 heterocycles. The Bertz CT molecular complexity index is 571. The van der Waals surface area contributed by atoms with Gasteiger partial charge in [0.2, 0.25) is 0 Å². The van der Waals surface area contributed by atoms with Gasteiger partial charge in [0.05, 0.1) is 7.11 Å². The highest BCUT2D eigenvalue weighted by Crippen LogP contribution is 2.13. The van der Waals surface area contributed by atoms with Crippen LogP contribution in [-0.2, 0) is 22.6 Å². The highest BCUT2D eigenvalue weighted by Gasteiger charge is 2.10. The first-order valence-electron chi connectivity index (χ1n) is 10.1. The zero-order valence-corrected chi connectivity index (χ0v) is 17.3. The van der Waals surface area contributed by atoms with Crippen LogP contribution in [0.5, 0.6) is 0 Å². The molecule has 1 aliphatic heterocycles. The second-order valence-electron chi connectivity index (χ2n) is 7.15. The number of nitrogens with one attached hydrogen (secondary N) is 2. The van der Waals surface area contributed by atoms with Gasteiger partial charge in [-0.25, -0.2) is 0 Å². The van der Waals surface area contributed by atoms with Gasteiger partial charge in [-0.15, -0.1) is 0 Å². The van der Waals surface area contributed by atoms with E-state index in [9.17, 15) is 4.79 Å². The fourth-order valence-corrected chi connectivity index (χ4v) is 3.43. The highest BCUT2D eigenvalue weighted by molar-refractivity contribution is 7.80. The van der Waals surface area contributed by atoms with Crippen molar-refractivity contribution in [3.05, 3.63) is 35.4 Å². The van der Waals surface area contributed by atoms with Gasteiger partial charge in [-0.05, 0) is 62.1 Å². The average molecular weight is 392 g/mol. The molecule has 0 bridgehead atoms. The number of likely N-dealkylation sites (tertiary alicyclic amines) is 1. The van der Waals surface area contributed by atoms with Crippen molar-refractivity contribution < 1.29 is 9.53 Å². The van der Waals surface area contributed by atoms with Crippen molar-refractivity contribution in [2.75, 3.05) is 26.7 Å². The summed E-state index contributed by atoms with van der Waals surface area (Å²) < 4.78 is 4.63. The predicted octanol–water partition coefficient (Wildman–Crippen LogP) is 3.37. The monoisotopic (exact) mass is 391 g/mol. The van der Waals surface area contributed by atoms with Gasteiger partial charge in [-0.3, -0.25) is 9.69 Å². The van der Waals surface area contributed by atoms with E-state index in [1.165, 1.54) is 50.6 Å². The Hall–Kier alpha value is -1.66. The van der Waals surface area contributed by atoms with E-state index in [2.05, 4.69) is 44.5 Å². The highest BCUT2D eigenvalue weighted by atomic mass is 32.1. The van der Waals surface area contributed by atoms with Gasteiger partial charge in [0.1, 0.15) is 0 Å². The summed E-state index contributed by atoms with van der Waals surface area (Å²) in [5, 5.41) is 7.15. The normalized spacial score (nSPS) is 14.6. The largest absolute Gasteiger partial charge is 0.469 e. The first kappa shape index (κ1) is 21.6. The second kappa shape index (κ2) is 12.7. The predicted molar refractivity (Wildman–Crippen MR) is 113 cm³/mol. The number of piperidine rings is 1. The van der Waals surface area contributed by atoms with E-state index in [4.69, 9.17) is 12.2 Å². The van der Waals surface area contributed by atoms with Gasteiger partial charge in [0.15, 0.2) is 5.11 Å². The van der Waals surface area contributed by atoms with Crippen LogP contribution in [0.2, 0.25) is 0 Å². The van der Waals surface area contributed by atoms with E-state index in [0.717, 1.165) is 38.9 Å². The molecule has 2 rings (SSSR count). The van der Waals surface area contributed by atoms with Crippen LogP contribution < -0.4 is 10.6 Å². The first-order valence-corrected chi connectivity index (χ1v) is 10.5. The minimum atomic E-state index is -0.137. The zero-order chi connectivity index (χ0) is 19.3. The van der Waals surface area contributed by atoms with Crippen LogP contribution in [0.25, 0.3) is 0 Å². The zero-order valence-electron chi connectivity index (χ0n) is 16.5. The van der Waals surface area contributed by atoms with Crippen LogP contribution in [0.15, 0.2) is 24.3 Å². The number of nitrogens with zero attached hydrogens (tertiary/aromatic N) is 1. The van der Waals surface area contributed by atoms with E-state index >= 15 is 0 Å². The Morgan fingerprint density at radius 3 is 2.44 bits per heavy atom. The molecule has 1 aliphatic rings. The minimum Gasteiger partial charge on any atom is -0.469 e. The lowest BCUT2D eigenvalue weighted by Crippen LogP contribution is -2.35. The summed E-state index contributed by atoms with van der Waals surface area (Å²) in [7, 11) is 1.43. The molecule has 1 fully saturated rings. The molecule has 0 unspecified atom stereocenters. The number of esters is 1. The number of rotatable bonds is 10. The number of carbonyl (C=O) groups is 1. The van der Waals surface area contributed by atoms with E-state index in [-0.39, 0.29) is 5.97 Å². The van der Waals surface area contributed by atoms with Gasteiger partial charge in [-0.2, -0.15) is 0 Å². The molecular weight excluding hydrogens is 358 g/mol. The Kier molecular flexibility index (Phi) is 10.2. The van der Waals surface area contributed by atoms with Gasteiger partial charge >= 0.3 is 5.97 Å². The van der Waals surface area contributed by atoms with Crippen molar-refractivity contribution in [1.82, 2.24) is 15.5 Å². The maximum atomic E-state index is 11.0. The van der Waals surface area contributed by atoms with Gasteiger partial charge in [-0.1, -0.05) is 37.1 Å². The maximum absolute atomic E-state index is 11.0. The summed E-state index contributed by atoms with van der Waals surface area (Å²) >= 11 is 5.32. The van der Waals surface area contributed by atoms with E-state index in [1.807, 2.05) is 0 Å². The van der Waals surface area contributed by atoms with E-state index < -0.39 is 0 Å². The van der Waals surface area contributed by atoms with Gasteiger partial charge in [0, 0.05) is 26.1 Å². The van der Waals surface area contributed by atoms with Crippen molar-refractivity contribution in [3.8, 4) is 0 Å². The Labute approximate surface area is 168 Å². The van der Waals surface area contributed by atoms with Crippen molar-refractivity contribution in [3.63, 3.8) is 0 Å². The third-order valence-electron chi connectivity index (χ3n) is 4.90. The minimum absolute atomic E-state index is 0.137. The summed E-state index contributed by atoms with van der Waals surface area (Å²) in [5.74, 6) is -0.137. The summed E-state index contributed by atoms with van der Waals surface area (Å²) in [6, 6.07) is 8.82. The lowest BCUT2D eigenvalue weighted by atomic mass is 10.1. The van der Waals surface area contributed by atoms with Crippen molar-refractivity contribution in [2.24, 2.45) is 0 Å². The number of benzene rings is 1. The number of methoxy groups -OCH3 is 1. The molecule has 27 heavy (non-hydrogen) atoms. The summed E-state index contributed by atoms with van der Waals surface area (Å²) in [6.07, 6.45) is 7.37. The molecule has 0 spiro atoms. The third-order valence-corrected chi connectivity index (χ3v) is 5.19. The maximum Gasteiger partial charge on any atom is 0.305 e. The number of hydrogen-bond donors (Lipinski definition) is 2. The molecule has 1 aromatic rings. The first-order chi connectivity index (χ1) is 13.2. The Morgan fingerprint density at radius 2 is 1.74 bits per heavy atom. The van der Waals surface area contributed by atoms with Crippen LogP contribution in [0.4, 0.5) is 0 Å². The van der Waals surface area contributed by atoms with Crippen LogP contribution >= 0.6 is 12.2 Å². The molecule has 6 heteroatoms. The molecule has 2 N–H and O–H groups in total. The van der Waals surface area contributed by atoms with Gasteiger partial charge < -0.3 is 15.4 Å². The van der Waals surface area contributed by atoms with E-state index in [0.29, 0.717) is 11.5 Å². The van der Waals surface area contributed by atoms with Crippen molar-refractivity contribution >= 4 is 23.3 Å². The number of ether oxygens (including phenoxy) is 1. The molecule has 0 atom stereocenters. The number of hydrogen-bond acceptors (Lipinski definition) is 4. The molecule has 0 aliphatic carbocycles. The number of thiocarbonyl (C=S) groups is 1. The number of carbonyl (C=O) groups excluding carboxylic acids is 1. The smallest absolute Gasteiger partial charge is 0.305 e. The van der Waals surface area contributed by atoms with Crippen molar-refractivity contribution in [1.29, 1.82) is 0 Å². The summed E-state index contributed by atoms with van der Waals surface area (Å²) in [4.78, 5) is 13.6. The molecule has 150 valence electrons. The van der Waals surface area contributed by atoms with Crippen LogP contribution in [-0.4, -0.2) is 42.7 Å². The van der Waals surface area contributed by atoms with Crippen LogP contribution in [0.3, 0.4) is 0 Å². The molecule has 0 amide bonds. The SMILES string of the molecule is COC(=O)CCCCCNC(=S)NCc1ccc(CN2CCCCC2)cc1. The quantitative estimate of drug-likeness (QED) is 0.362. The molecule has 0 radical (unpaired) electrons. The lowest BCUT2D eigenvalue weighted by molar-refractivity contribution is -0.140. The summed E-state index contributed by atoms with van der Waals surface area (Å²) in [6.45, 7) is 5.07. The van der Waals surface area contributed by atoms with Crippen LogP contribution in [0, 0.1) is 0 Å². The topological polar surface area (TPSA) is 53.6 Å². The molecule has 1 saturated heterocycles. The average Bonchev–Trinajstić information content (AvgIpc) is 2.70. The Morgan fingerprint density at radius 1 is 1.04 bits per heavy atom. The van der Waals surface area contributed by atoms with Gasteiger partial charge in [0.25, 0.3) is 0 Å². The standard InChI is InChI=1S/C21H33N3O2S/c1-26-20(25)8-4-2-5-13-22-21(27)23-16-18-9-11-19(12-10-18)17-24-14-6-3-7-15-24/h9-12H,2-8,13-17H2,1H3,(H2,22,23,27). The molecule has 0 aromatic heterocycles. The molecule has 0 saturated carbocycles. The molecular formula is C21H33N3O2S. The fourth-order valence-electron chi connectivity index (χ4n) is 3.26. The number of unbranched alkanes of at least 4 members (excludes halogenated alkanes) is 2. The second-order valence-corrected chi connectivity index (χ2v) is 7.56. The molecule has 5 nitrogen and oxygen atoms in total. The third kappa shape index (κ3) is 9.20. The Balaban J connectivity index is 1.56. The lowest BCUT2D eigenvalue weighted by Gasteiger charge is -2.26.